The van der Waals surface area contributed by atoms with Gasteiger partial charge >= 0.3 is 0 Å². The Morgan fingerprint density at radius 2 is 1.27 bits per heavy atom. The Morgan fingerprint density at radius 3 is 1.67 bits per heavy atom. The second kappa shape index (κ2) is 4.38. The predicted molar refractivity (Wildman–Crippen MR) is 68.9 cm³/mol. The summed E-state index contributed by atoms with van der Waals surface area (Å²) in [4.78, 5) is 0. The Hall–Kier alpha value is -0.780. The van der Waals surface area contributed by atoms with Crippen LogP contribution in [0.25, 0.3) is 0 Å². The lowest BCUT2D eigenvalue weighted by Gasteiger charge is -2.22. The van der Waals surface area contributed by atoms with Crippen LogP contribution in [-0.2, 0) is 6.42 Å². The highest BCUT2D eigenvalue weighted by atomic mass is 14.2. The average molecular weight is 204 g/mol. The first-order valence-corrected chi connectivity index (χ1v) is 6.00. The highest BCUT2D eigenvalue weighted by Crippen LogP contribution is 2.31. The van der Waals surface area contributed by atoms with E-state index in [0.717, 1.165) is 6.42 Å². The standard InChI is InChI=1S/C15H24/c1-8-14-12(6)10(4)11(5)13(7)15(14)9(2)3/h9H,8H2,1-7H3. The fourth-order valence-corrected chi connectivity index (χ4v) is 2.66. The lowest BCUT2D eigenvalue weighted by atomic mass is 9.83. The fraction of sp³-hybridized carbons (Fsp3) is 0.600. The molecule has 0 aliphatic heterocycles. The third kappa shape index (κ3) is 1.95. The second-order valence-corrected chi connectivity index (χ2v) is 4.90. The summed E-state index contributed by atoms with van der Waals surface area (Å²) in [5, 5.41) is 0. The lowest BCUT2D eigenvalue weighted by molar-refractivity contribution is 0.824. The van der Waals surface area contributed by atoms with E-state index in [1.807, 2.05) is 0 Å². The fourth-order valence-electron chi connectivity index (χ4n) is 2.66. The molecule has 0 bridgehead atoms. The monoisotopic (exact) mass is 204 g/mol. The van der Waals surface area contributed by atoms with E-state index in [1.54, 1.807) is 11.1 Å². The summed E-state index contributed by atoms with van der Waals surface area (Å²) in [7, 11) is 0. The summed E-state index contributed by atoms with van der Waals surface area (Å²) in [5.41, 5.74) is 9.13. The maximum Gasteiger partial charge on any atom is -0.0213 e. The maximum absolute atomic E-state index is 2.30. The van der Waals surface area contributed by atoms with Crippen LogP contribution in [0.1, 0.15) is 60.1 Å². The molecule has 15 heavy (non-hydrogen) atoms. The van der Waals surface area contributed by atoms with Gasteiger partial charge in [0, 0.05) is 0 Å². The van der Waals surface area contributed by atoms with Crippen LogP contribution in [0.3, 0.4) is 0 Å². The van der Waals surface area contributed by atoms with Crippen molar-refractivity contribution in [3.8, 4) is 0 Å². The van der Waals surface area contributed by atoms with Gasteiger partial charge in [-0.15, -0.1) is 0 Å². The van der Waals surface area contributed by atoms with Crippen LogP contribution >= 0.6 is 0 Å². The SMILES string of the molecule is CCc1c(C)c(C)c(C)c(C)c1C(C)C. The van der Waals surface area contributed by atoms with Crippen molar-refractivity contribution in [3.05, 3.63) is 33.4 Å². The van der Waals surface area contributed by atoms with Crippen LogP contribution in [-0.4, -0.2) is 0 Å². The minimum absolute atomic E-state index is 0.637. The molecular weight excluding hydrogens is 180 g/mol. The Kier molecular flexibility index (Phi) is 3.59. The topological polar surface area (TPSA) is 0 Å². The van der Waals surface area contributed by atoms with E-state index in [1.165, 1.54) is 22.3 Å². The largest absolute Gasteiger partial charge is 0.0613 e. The van der Waals surface area contributed by atoms with E-state index in [0.29, 0.717) is 5.92 Å². The van der Waals surface area contributed by atoms with Crippen molar-refractivity contribution in [1.29, 1.82) is 0 Å². The van der Waals surface area contributed by atoms with E-state index in [4.69, 9.17) is 0 Å². The molecule has 0 aromatic heterocycles. The van der Waals surface area contributed by atoms with E-state index < -0.39 is 0 Å². The summed E-state index contributed by atoms with van der Waals surface area (Å²) in [6.45, 7) is 15.9. The molecule has 1 rings (SSSR count). The second-order valence-electron chi connectivity index (χ2n) is 4.90. The zero-order chi connectivity index (χ0) is 11.7. The molecule has 0 fully saturated rings. The molecule has 0 atom stereocenters. The van der Waals surface area contributed by atoms with E-state index in [-0.39, 0.29) is 0 Å². The first-order chi connectivity index (χ1) is 6.91. The highest BCUT2D eigenvalue weighted by Gasteiger charge is 2.15. The first kappa shape index (κ1) is 12.3. The van der Waals surface area contributed by atoms with Crippen molar-refractivity contribution < 1.29 is 0 Å². The summed E-state index contributed by atoms with van der Waals surface area (Å²) in [6.07, 6.45) is 1.15. The number of benzene rings is 1. The molecule has 1 aromatic carbocycles. The normalized spacial score (nSPS) is 11.2. The van der Waals surface area contributed by atoms with Gasteiger partial charge in [0.1, 0.15) is 0 Å². The number of rotatable bonds is 2. The molecule has 0 spiro atoms. The van der Waals surface area contributed by atoms with Crippen molar-refractivity contribution in [2.45, 2.75) is 60.8 Å². The van der Waals surface area contributed by atoms with E-state index in [9.17, 15) is 0 Å². The van der Waals surface area contributed by atoms with Gasteiger partial charge in [-0.3, -0.25) is 0 Å². The average Bonchev–Trinajstić information content (AvgIpc) is 2.19. The third-order valence-electron chi connectivity index (χ3n) is 3.80. The van der Waals surface area contributed by atoms with Gasteiger partial charge < -0.3 is 0 Å². The zero-order valence-electron chi connectivity index (χ0n) is 11.3. The van der Waals surface area contributed by atoms with Gasteiger partial charge in [0.2, 0.25) is 0 Å². The van der Waals surface area contributed by atoms with Gasteiger partial charge in [-0.1, -0.05) is 20.8 Å². The van der Waals surface area contributed by atoms with Crippen LogP contribution in [0, 0.1) is 27.7 Å². The summed E-state index contributed by atoms with van der Waals surface area (Å²) >= 11 is 0. The zero-order valence-corrected chi connectivity index (χ0v) is 11.3. The molecule has 0 unspecified atom stereocenters. The summed E-state index contributed by atoms with van der Waals surface area (Å²) in [6, 6.07) is 0. The summed E-state index contributed by atoms with van der Waals surface area (Å²) in [5.74, 6) is 0.637. The molecule has 0 N–H and O–H groups in total. The van der Waals surface area contributed by atoms with Crippen LogP contribution in [0.5, 0.6) is 0 Å². The number of hydrogen-bond donors (Lipinski definition) is 0. The van der Waals surface area contributed by atoms with Gasteiger partial charge in [0.05, 0.1) is 0 Å². The van der Waals surface area contributed by atoms with Crippen LogP contribution < -0.4 is 0 Å². The minimum atomic E-state index is 0.637. The van der Waals surface area contributed by atoms with Crippen LogP contribution in [0.4, 0.5) is 0 Å². The molecule has 0 aliphatic rings. The molecule has 84 valence electrons. The first-order valence-electron chi connectivity index (χ1n) is 6.00. The molecule has 1 aromatic rings. The molecule has 0 saturated carbocycles. The van der Waals surface area contributed by atoms with Gasteiger partial charge in [0.15, 0.2) is 0 Å². The van der Waals surface area contributed by atoms with Gasteiger partial charge in [-0.25, -0.2) is 0 Å². The quantitative estimate of drug-likeness (QED) is 0.660. The van der Waals surface area contributed by atoms with Crippen LogP contribution in [0.15, 0.2) is 0 Å². The highest BCUT2D eigenvalue weighted by molar-refractivity contribution is 5.51. The molecule has 0 saturated heterocycles. The Morgan fingerprint density at radius 1 is 0.800 bits per heavy atom. The van der Waals surface area contributed by atoms with Crippen molar-refractivity contribution >= 4 is 0 Å². The van der Waals surface area contributed by atoms with Crippen molar-refractivity contribution in [1.82, 2.24) is 0 Å². The number of hydrogen-bond acceptors (Lipinski definition) is 0. The lowest BCUT2D eigenvalue weighted by Crippen LogP contribution is -2.06. The Balaban J connectivity index is 3.62. The van der Waals surface area contributed by atoms with Crippen molar-refractivity contribution in [2.75, 3.05) is 0 Å². The van der Waals surface area contributed by atoms with E-state index >= 15 is 0 Å². The molecule has 0 heterocycles. The molecule has 0 aliphatic carbocycles. The predicted octanol–water partition coefficient (Wildman–Crippen LogP) is 4.61. The molecule has 0 amide bonds. The molecule has 0 radical (unpaired) electrons. The van der Waals surface area contributed by atoms with E-state index in [2.05, 4.69) is 48.5 Å². The van der Waals surface area contributed by atoms with Crippen molar-refractivity contribution in [2.24, 2.45) is 0 Å². The molecule has 0 nitrogen and oxygen atoms in total. The molecular formula is C15H24. The Bertz CT molecular complexity index is 370. The summed E-state index contributed by atoms with van der Waals surface area (Å²) < 4.78 is 0. The minimum Gasteiger partial charge on any atom is -0.0613 e. The van der Waals surface area contributed by atoms with Gasteiger partial charge in [-0.2, -0.15) is 0 Å². The van der Waals surface area contributed by atoms with Crippen LogP contribution in [0.2, 0.25) is 0 Å². The smallest absolute Gasteiger partial charge is 0.0213 e. The van der Waals surface area contributed by atoms with Gasteiger partial charge in [0.25, 0.3) is 0 Å². The van der Waals surface area contributed by atoms with Crippen molar-refractivity contribution in [3.63, 3.8) is 0 Å². The van der Waals surface area contributed by atoms with Gasteiger partial charge in [-0.05, 0) is 73.4 Å². The third-order valence-corrected chi connectivity index (χ3v) is 3.80. The Labute approximate surface area is 94.7 Å². The molecule has 0 heteroatoms. The maximum atomic E-state index is 2.30.